The van der Waals surface area contributed by atoms with Gasteiger partial charge in [0.15, 0.2) is 0 Å². The Morgan fingerprint density at radius 1 is 1.08 bits per heavy atom. The van der Waals surface area contributed by atoms with Gasteiger partial charge in [-0.25, -0.2) is 8.78 Å². The Bertz CT molecular complexity index is 1190. The van der Waals surface area contributed by atoms with E-state index in [9.17, 15) is 18.4 Å². The van der Waals surface area contributed by atoms with Gasteiger partial charge in [-0.05, 0) is 41.3 Å². The molecule has 2 heterocycles. The smallest absolute Gasteiger partial charge is 0.245 e. The summed E-state index contributed by atoms with van der Waals surface area (Å²) in [6, 6.07) is 11.9. The molecule has 2 aromatic carbocycles. The molecule has 0 spiro atoms. The largest absolute Gasteiger partial charge is 0.378 e. The number of amides is 2. The van der Waals surface area contributed by atoms with Gasteiger partial charge in [0.05, 0.1) is 19.3 Å². The summed E-state index contributed by atoms with van der Waals surface area (Å²) in [5.74, 6) is -1.16. The normalized spacial score (nSPS) is 20.1. The summed E-state index contributed by atoms with van der Waals surface area (Å²) in [5.41, 5.74) is 2.61. The van der Waals surface area contributed by atoms with Crippen molar-refractivity contribution in [2.24, 2.45) is 0 Å². The highest BCUT2D eigenvalue weighted by Crippen LogP contribution is 2.37. The number of carbonyl (C=O) groups is 2. The minimum Gasteiger partial charge on any atom is -0.378 e. The van der Waals surface area contributed by atoms with Crippen molar-refractivity contribution in [2.45, 2.75) is 24.9 Å². The fourth-order valence-corrected chi connectivity index (χ4v) is 4.81. The Morgan fingerprint density at radius 2 is 1.83 bits per heavy atom. The summed E-state index contributed by atoms with van der Waals surface area (Å²) in [6.07, 6.45) is 4.86. The number of carbonyl (C=O) groups excluding carboxylic acids is 2. The second-order valence-electron chi connectivity index (χ2n) is 9.25. The molecule has 2 amide bonds. The van der Waals surface area contributed by atoms with E-state index in [1.54, 1.807) is 9.80 Å². The fourth-order valence-electron chi connectivity index (χ4n) is 4.81. The third kappa shape index (κ3) is 5.39. The molecule has 0 bridgehead atoms. The van der Waals surface area contributed by atoms with Gasteiger partial charge in [0.2, 0.25) is 11.8 Å². The molecule has 0 saturated carbocycles. The van der Waals surface area contributed by atoms with Gasteiger partial charge < -0.3 is 19.9 Å². The van der Waals surface area contributed by atoms with Gasteiger partial charge in [-0.15, -0.1) is 0 Å². The van der Waals surface area contributed by atoms with Gasteiger partial charge in [-0.3, -0.25) is 9.59 Å². The summed E-state index contributed by atoms with van der Waals surface area (Å²) < 4.78 is 33.8. The average molecular weight is 494 g/mol. The van der Waals surface area contributed by atoms with Crippen LogP contribution >= 0.6 is 0 Å². The molecule has 1 fully saturated rings. The molecule has 5 rings (SSSR count). The number of morpholine rings is 1. The highest BCUT2D eigenvalue weighted by molar-refractivity contribution is 5.90. The Morgan fingerprint density at radius 3 is 2.56 bits per heavy atom. The minimum atomic E-state index is -0.557. The van der Waals surface area contributed by atoms with Crippen LogP contribution in [0.5, 0.6) is 0 Å². The molecule has 1 N–H and O–H groups in total. The number of hydrogen-bond donors (Lipinski definition) is 1. The van der Waals surface area contributed by atoms with Crippen LogP contribution in [0, 0.1) is 11.6 Å². The predicted molar refractivity (Wildman–Crippen MR) is 132 cm³/mol. The lowest BCUT2D eigenvalue weighted by Crippen LogP contribution is -2.48. The van der Waals surface area contributed by atoms with Crippen LogP contribution in [0.15, 0.2) is 66.3 Å². The van der Waals surface area contributed by atoms with Crippen molar-refractivity contribution in [1.29, 1.82) is 0 Å². The zero-order valence-electron chi connectivity index (χ0n) is 20.0. The lowest BCUT2D eigenvalue weighted by molar-refractivity contribution is -0.136. The Labute approximate surface area is 209 Å². The van der Waals surface area contributed by atoms with Gasteiger partial charge in [0.1, 0.15) is 17.7 Å². The number of ether oxygens (including phenoxy) is 1. The number of benzene rings is 2. The van der Waals surface area contributed by atoms with Crippen LogP contribution in [0.2, 0.25) is 0 Å². The van der Waals surface area contributed by atoms with Crippen LogP contribution in [0.4, 0.5) is 8.78 Å². The third-order valence-electron chi connectivity index (χ3n) is 6.84. The molecule has 2 aromatic rings. The van der Waals surface area contributed by atoms with Crippen molar-refractivity contribution in [3.8, 4) is 0 Å². The number of nitrogens with one attached hydrogen (secondary N) is 1. The van der Waals surface area contributed by atoms with E-state index in [4.69, 9.17) is 4.74 Å². The van der Waals surface area contributed by atoms with E-state index in [1.807, 2.05) is 42.5 Å². The van der Waals surface area contributed by atoms with Crippen LogP contribution in [-0.4, -0.2) is 67.0 Å². The first kappa shape index (κ1) is 24.3. The van der Waals surface area contributed by atoms with Crippen LogP contribution in [0.1, 0.15) is 30.0 Å². The molecule has 0 unspecified atom stereocenters. The van der Waals surface area contributed by atoms with Gasteiger partial charge in [-0.2, -0.15) is 0 Å². The monoisotopic (exact) mass is 493 g/mol. The summed E-state index contributed by atoms with van der Waals surface area (Å²) in [4.78, 5) is 29.8. The van der Waals surface area contributed by atoms with E-state index in [2.05, 4.69) is 5.32 Å². The third-order valence-corrected chi connectivity index (χ3v) is 6.84. The van der Waals surface area contributed by atoms with E-state index in [0.29, 0.717) is 38.4 Å². The van der Waals surface area contributed by atoms with E-state index in [-0.39, 0.29) is 30.3 Å². The van der Waals surface area contributed by atoms with Gasteiger partial charge in [0.25, 0.3) is 0 Å². The minimum absolute atomic E-state index is 0.0376. The second-order valence-corrected chi connectivity index (χ2v) is 9.25. The molecule has 1 saturated heterocycles. The Kier molecular flexibility index (Phi) is 7.25. The molecule has 3 aliphatic rings. The molecule has 8 heteroatoms. The van der Waals surface area contributed by atoms with Crippen molar-refractivity contribution in [3.63, 3.8) is 0 Å². The van der Waals surface area contributed by atoms with Gasteiger partial charge >= 0.3 is 0 Å². The molecule has 6 nitrogen and oxygen atoms in total. The topological polar surface area (TPSA) is 61.9 Å². The number of halogens is 2. The maximum atomic E-state index is 14.6. The van der Waals surface area contributed by atoms with E-state index < -0.39 is 23.7 Å². The van der Waals surface area contributed by atoms with E-state index >= 15 is 0 Å². The lowest BCUT2D eigenvalue weighted by atomic mass is 10.0. The zero-order chi connectivity index (χ0) is 25.1. The summed E-state index contributed by atoms with van der Waals surface area (Å²) in [5, 5.41) is 3.28. The molecule has 36 heavy (non-hydrogen) atoms. The first-order valence-electron chi connectivity index (χ1n) is 12.3. The molecular formula is C28H29F2N3O3. The first-order valence-corrected chi connectivity index (χ1v) is 12.3. The number of hydrogen-bond acceptors (Lipinski definition) is 4. The quantitative estimate of drug-likeness (QED) is 0.573. The Hall–Kier alpha value is -3.36. The highest BCUT2D eigenvalue weighted by Gasteiger charge is 2.38. The van der Waals surface area contributed by atoms with E-state index in [1.165, 1.54) is 6.07 Å². The van der Waals surface area contributed by atoms with Crippen LogP contribution in [-0.2, 0) is 14.3 Å². The first-order chi connectivity index (χ1) is 17.5. The molecule has 188 valence electrons. The molecule has 0 aromatic heterocycles. The van der Waals surface area contributed by atoms with E-state index in [0.717, 1.165) is 29.7 Å². The summed E-state index contributed by atoms with van der Waals surface area (Å²) >= 11 is 0. The second kappa shape index (κ2) is 10.7. The highest BCUT2D eigenvalue weighted by atomic mass is 19.1. The van der Waals surface area contributed by atoms with Crippen molar-refractivity contribution < 1.29 is 23.1 Å². The van der Waals surface area contributed by atoms with Crippen molar-refractivity contribution >= 4 is 17.4 Å². The SMILES string of the molecule is O=C(CCN[C@H](C(=O)N1CC(c2cc(F)ccc2F)=C[C@H]1c1ccccc1)C1=CC1)N1CCOCC1. The van der Waals surface area contributed by atoms with Crippen molar-refractivity contribution in [1.82, 2.24) is 15.1 Å². The molecule has 1 aliphatic carbocycles. The fraction of sp³-hybridized carbons (Fsp3) is 0.357. The maximum Gasteiger partial charge on any atom is 0.245 e. The predicted octanol–water partition coefficient (Wildman–Crippen LogP) is 3.47. The van der Waals surface area contributed by atoms with Gasteiger partial charge in [0, 0.05) is 38.2 Å². The summed E-state index contributed by atoms with van der Waals surface area (Å²) in [6.45, 7) is 2.80. The lowest BCUT2D eigenvalue weighted by Gasteiger charge is -2.30. The zero-order valence-corrected chi connectivity index (χ0v) is 20.0. The number of rotatable bonds is 8. The standard InChI is InChI=1S/C28H29F2N3O3/c29-22-8-9-24(30)23(17-22)21-16-25(19-4-2-1-3-5-19)33(18-21)28(35)27(20-6-7-20)31-11-10-26(34)32-12-14-36-15-13-32/h1-6,8-9,16-17,25,27,31H,7,10-15,18H2/t25-,27-/m0/s1. The Balaban J connectivity index is 1.33. The van der Waals surface area contributed by atoms with Crippen LogP contribution in [0.3, 0.4) is 0 Å². The number of nitrogens with zero attached hydrogens (tertiary/aromatic N) is 2. The molecule has 2 aliphatic heterocycles. The van der Waals surface area contributed by atoms with Crippen molar-refractivity contribution in [2.75, 3.05) is 39.4 Å². The maximum absolute atomic E-state index is 14.6. The van der Waals surface area contributed by atoms with Crippen molar-refractivity contribution in [3.05, 3.63) is 89.0 Å². The number of allylic oxidation sites excluding steroid dienone is 1. The average Bonchev–Trinajstić information content (AvgIpc) is 3.65. The van der Waals surface area contributed by atoms with Gasteiger partial charge in [-0.1, -0.05) is 42.5 Å². The molecule has 2 atom stereocenters. The summed E-state index contributed by atoms with van der Waals surface area (Å²) in [7, 11) is 0. The molecular weight excluding hydrogens is 464 g/mol. The van der Waals surface area contributed by atoms with Crippen LogP contribution < -0.4 is 5.32 Å². The van der Waals surface area contributed by atoms with Crippen LogP contribution in [0.25, 0.3) is 5.57 Å². The molecule has 0 radical (unpaired) electrons.